The predicted molar refractivity (Wildman–Crippen MR) is 72.0 cm³/mol. The summed E-state index contributed by atoms with van der Waals surface area (Å²) in [7, 11) is 0. The highest BCUT2D eigenvalue weighted by Gasteiger charge is 2.04. The van der Waals surface area contributed by atoms with Crippen LogP contribution in [-0.4, -0.2) is 17.6 Å². The molecule has 0 radical (unpaired) electrons. The van der Waals surface area contributed by atoms with Crippen LogP contribution in [0.5, 0.6) is 0 Å². The van der Waals surface area contributed by atoms with E-state index in [0.29, 0.717) is 6.54 Å². The van der Waals surface area contributed by atoms with Crippen LogP contribution in [0.4, 0.5) is 0 Å². The second kappa shape index (κ2) is 6.57. The van der Waals surface area contributed by atoms with Crippen LogP contribution >= 0.6 is 15.9 Å². The van der Waals surface area contributed by atoms with E-state index in [0.717, 1.165) is 10.0 Å². The molecule has 0 fully saturated rings. The fraction of sp³-hybridized carbons (Fsp3) is 0.308. The number of carboxylic acids is 1. The molecule has 0 saturated heterocycles. The van der Waals surface area contributed by atoms with E-state index in [1.165, 1.54) is 11.6 Å². The molecule has 0 amide bonds. The second-order valence-corrected chi connectivity index (χ2v) is 4.90. The van der Waals surface area contributed by atoms with Gasteiger partial charge in [0.1, 0.15) is 0 Å². The molecule has 92 valence electrons. The summed E-state index contributed by atoms with van der Waals surface area (Å²) in [5.41, 5.74) is 1.98. The lowest BCUT2D eigenvalue weighted by Gasteiger charge is -2.14. The molecular weight excluding hydrogens is 282 g/mol. The zero-order valence-corrected chi connectivity index (χ0v) is 11.5. The first-order valence-corrected chi connectivity index (χ1v) is 6.17. The first kappa shape index (κ1) is 13.9. The number of halogens is 1. The van der Waals surface area contributed by atoms with E-state index in [2.05, 4.69) is 28.2 Å². The van der Waals surface area contributed by atoms with Gasteiger partial charge in [-0.25, -0.2) is 4.79 Å². The van der Waals surface area contributed by atoms with E-state index in [4.69, 9.17) is 5.11 Å². The summed E-state index contributed by atoms with van der Waals surface area (Å²) in [6.45, 7) is 4.43. The van der Waals surface area contributed by atoms with Crippen molar-refractivity contribution in [2.45, 2.75) is 19.9 Å². The highest BCUT2D eigenvalue weighted by atomic mass is 79.9. The fourth-order valence-corrected chi connectivity index (χ4v) is 1.71. The van der Waals surface area contributed by atoms with Gasteiger partial charge >= 0.3 is 5.97 Å². The third-order valence-corrected chi connectivity index (χ3v) is 2.96. The summed E-state index contributed by atoms with van der Waals surface area (Å²) in [5.74, 6) is -0.902. The third kappa shape index (κ3) is 5.15. The molecule has 3 nitrogen and oxygen atoms in total. The van der Waals surface area contributed by atoms with Crippen LogP contribution in [0.3, 0.4) is 0 Å². The summed E-state index contributed by atoms with van der Waals surface area (Å²) in [4.78, 5) is 10.5. The number of carbonyl (C=O) groups is 1. The molecular formula is C13H16BrNO2. The lowest BCUT2D eigenvalue weighted by Crippen LogP contribution is -2.20. The zero-order chi connectivity index (χ0) is 12.8. The molecule has 0 spiro atoms. The minimum Gasteiger partial charge on any atom is -0.478 e. The monoisotopic (exact) mass is 297 g/mol. The molecule has 0 aliphatic heterocycles. The lowest BCUT2D eigenvalue weighted by molar-refractivity contribution is -0.131. The Balaban J connectivity index is 2.52. The normalized spacial score (nSPS) is 13.5. The minimum atomic E-state index is -0.902. The molecule has 0 bridgehead atoms. The lowest BCUT2D eigenvalue weighted by atomic mass is 10.1. The van der Waals surface area contributed by atoms with Crippen LogP contribution in [0.2, 0.25) is 0 Å². The summed E-state index contributed by atoms with van der Waals surface area (Å²) in [5, 5.41) is 11.9. The van der Waals surface area contributed by atoms with Gasteiger partial charge in [-0.05, 0) is 31.5 Å². The minimum absolute atomic E-state index is 0.195. The summed E-state index contributed by atoms with van der Waals surface area (Å²) < 4.78 is 1.05. The fourth-order valence-electron chi connectivity index (χ4n) is 1.45. The molecule has 2 N–H and O–H groups in total. The largest absolute Gasteiger partial charge is 0.478 e. The smallest absolute Gasteiger partial charge is 0.328 e. The van der Waals surface area contributed by atoms with Crippen molar-refractivity contribution in [3.05, 3.63) is 46.0 Å². The van der Waals surface area contributed by atoms with Crippen molar-refractivity contribution in [1.82, 2.24) is 5.32 Å². The Kier molecular flexibility index (Phi) is 5.38. The average molecular weight is 298 g/mol. The molecule has 1 rings (SSSR count). The third-order valence-electron chi connectivity index (χ3n) is 2.43. The Morgan fingerprint density at radius 1 is 1.47 bits per heavy atom. The number of aliphatic carboxylic acids is 1. The van der Waals surface area contributed by atoms with Crippen molar-refractivity contribution in [2.75, 3.05) is 6.54 Å². The van der Waals surface area contributed by atoms with Crippen molar-refractivity contribution >= 4 is 21.9 Å². The topological polar surface area (TPSA) is 49.3 Å². The van der Waals surface area contributed by atoms with Gasteiger partial charge in [0, 0.05) is 23.1 Å². The number of carboxylic acid groups (broad SMARTS) is 1. The molecule has 0 aliphatic carbocycles. The van der Waals surface area contributed by atoms with Crippen molar-refractivity contribution in [2.24, 2.45) is 0 Å². The molecule has 0 saturated carbocycles. The highest BCUT2D eigenvalue weighted by molar-refractivity contribution is 9.10. The van der Waals surface area contributed by atoms with Gasteiger partial charge in [-0.1, -0.05) is 33.6 Å². The number of benzene rings is 1. The maximum atomic E-state index is 10.5. The Hall–Kier alpha value is -1.13. The number of nitrogens with one attached hydrogen (secondary N) is 1. The van der Waals surface area contributed by atoms with Gasteiger partial charge in [0.05, 0.1) is 0 Å². The van der Waals surface area contributed by atoms with E-state index in [1.54, 1.807) is 6.92 Å². The maximum absolute atomic E-state index is 10.5. The standard InChI is InChI=1S/C13H16BrNO2/c1-9(7-13(16)17)8-15-10(2)11-3-5-12(14)6-4-11/h3-7,10,15H,8H2,1-2H3,(H,16,17)/b9-7+. The van der Waals surface area contributed by atoms with Crippen LogP contribution in [0.1, 0.15) is 25.5 Å². The Morgan fingerprint density at radius 3 is 2.59 bits per heavy atom. The van der Waals surface area contributed by atoms with Crippen LogP contribution < -0.4 is 5.32 Å². The first-order chi connectivity index (χ1) is 7.99. The summed E-state index contributed by atoms with van der Waals surface area (Å²) in [6.07, 6.45) is 1.22. The van der Waals surface area contributed by atoms with Crippen LogP contribution in [0.15, 0.2) is 40.4 Å². The molecule has 0 aromatic heterocycles. The van der Waals surface area contributed by atoms with Gasteiger partial charge in [-0.15, -0.1) is 0 Å². The Labute approximate surface area is 110 Å². The van der Waals surface area contributed by atoms with Crippen molar-refractivity contribution in [3.63, 3.8) is 0 Å². The highest BCUT2D eigenvalue weighted by Crippen LogP contribution is 2.16. The number of rotatable bonds is 5. The van der Waals surface area contributed by atoms with Crippen molar-refractivity contribution in [3.8, 4) is 0 Å². The van der Waals surface area contributed by atoms with Crippen LogP contribution in [0.25, 0.3) is 0 Å². The van der Waals surface area contributed by atoms with E-state index in [1.807, 2.05) is 24.3 Å². The molecule has 17 heavy (non-hydrogen) atoms. The molecule has 1 atom stereocenters. The number of hydrogen-bond acceptors (Lipinski definition) is 2. The van der Waals surface area contributed by atoms with Gasteiger partial charge in [0.15, 0.2) is 0 Å². The summed E-state index contributed by atoms with van der Waals surface area (Å²) >= 11 is 3.39. The first-order valence-electron chi connectivity index (χ1n) is 5.38. The van der Waals surface area contributed by atoms with E-state index in [-0.39, 0.29) is 6.04 Å². The van der Waals surface area contributed by atoms with Crippen molar-refractivity contribution < 1.29 is 9.90 Å². The predicted octanol–water partition coefficient (Wildman–Crippen LogP) is 3.13. The van der Waals surface area contributed by atoms with Gasteiger partial charge in [0.25, 0.3) is 0 Å². The Morgan fingerprint density at radius 2 is 2.06 bits per heavy atom. The molecule has 0 heterocycles. The van der Waals surface area contributed by atoms with Gasteiger partial charge < -0.3 is 10.4 Å². The maximum Gasteiger partial charge on any atom is 0.328 e. The molecule has 1 unspecified atom stereocenters. The van der Waals surface area contributed by atoms with E-state index >= 15 is 0 Å². The van der Waals surface area contributed by atoms with E-state index < -0.39 is 5.97 Å². The van der Waals surface area contributed by atoms with Gasteiger partial charge in [-0.3, -0.25) is 0 Å². The SMILES string of the molecule is C/C(=C\C(=O)O)CNC(C)c1ccc(Br)cc1. The summed E-state index contributed by atoms with van der Waals surface area (Å²) in [6, 6.07) is 8.26. The molecule has 1 aromatic rings. The molecule has 4 heteroatoms. The molecule has 1 aromatic carbocycles. The zero-order valence-electron chi connectivity index (χ0n) is 9.90. The average Bonchev–Trinajstić information content (AvgIpc) is 2.26. The quantitative estimate of drug-likeness (QED) is 0.821. The van der Waals surface area contributed by atoms with Gasteiger partial charge in [0.2, 0.25) is 0 Å². The van der Waals surface area contributed by atoms with Crippen molar-refractivity contribution in [1.29, 1.82) is 0 Å². The van der Waals surface area contributed by atoms with Gasteiger partial charge in [-0.2, -0.15) is 0 Å². The Bertz CT molecular complexity index is 412. The van der Waals surface area contributed by atoms with Crippen LogP contribution in [-0.2, 0) is 4.79 Å². The second-order valence-electron chi connectivity index (χ2n) is 3.98. The van der Waals surface area contributed by atoms with Crippen LogP contribution in [0, 0.1) is 0 Å². The number of hydrogen-bond donors (Lipinski definition) is 2. The molecule has 0 aliphatic rings. The van der Waals surface area contributed by atoms with E-state index in [9.17, 15) is 4.79 Å².